The summed E-state index contributed by atoms with van der Waals surface area (Å²) >= 11 is 3.26. The minimum absolute atomic E-state index is 0.0303. The first kappa shape index (κ1) is 16.3. The number of nitrogens with one attached hydrogen (secondary N) is 1. The van der Waals surface area contributed by atoms with Crippen LogP contribution in [0.5, 0.6) is 0 Å². The number of rotatable bonds is 4. The summed E-state index contributed by atoms with van der Waals surface area (Å²) in [5, 5.41) is 0. The van der Waals surface area contributed by atoms with Crippen molar-refractivity contribution in [3.63, 3.8) is 0 Å². The van der Waals surface area contributed by atoms with E-state index in [0.29, 0.717) is 0 Å². The van der Waals surface area contributed by atoms with Crippen LogP contribution >= 0.6 is 15.9 Å². The lowest BCUT2D eigenvalue weighted by molar-refractivity contribution is 0.598. The summed E-state index contributed by atoms with van der Waals surface area (Å²) in [5.74, 6) is -0.589. The average molecular weight is 399 g/mol. The van der Waals surface area contributed by atoms with E-state index < -0.39 is 15.8 Å². The second kappa shape index (κ2) is 6.49. The first-order valence-electron chi connectivity index (χ1n) is 7.29. The van der Waals surface area contributed by atoms with Gasteiger partial charge in [-0.3, -0.25) is 4.72 Å². The zero-order valence-corrected chi connectivity index (χ0v) is 14.7. The van der Waals surface area contributed by atoms with Crippen LogP contribution in [0, 0.1) is 5.82 Å². The fourth-order valence-electron chi connectivity index (χ4n) is 2.58. The Morgan fingerprint density at radius 1 is 1.04 bits per heavy atom. The molecule has 0 spiro atoms. The van der Waals surface area contributed by atoms with Gasteiger partial charge in [0.2, 0.25) is 0 Å². The highest BCUT2D eigenvalue weighted by Gasteiger charge is 2.19. The number of benzene rings is 2. The molecule has 0 atom stereocenters. The van der Waals surface area contributed by atoms with E-state index in [1.807, 2.05) is 0 Å². The molecule has 23 heavy (non-hydrogen) atoms. The number of halogens is 2. The topological polar surface area (TPSA) is 49.4 Å². The molecule has 1 saturated heterocycles. The van der Waals surface area contributed by atoms with Gasteiger partial charge in [0.1, 0.15) is 5.82 Å². The van der Waals surface area contributed by atoms with Crippen LogP contribution in [0.3, 0.4) is 0 Å². The van der Waals surface area contributed by atoms with Gasteiger partial charge in [0.25, 0.3) is 10.0 Å². The molecule has 122 valence electrons. The van der Waals surface area contributed by atoms with Gasteiger partial charge >= 0.3 is 0 Å². The van der Waals surface area contributed by atoms with Gasteiger partial charge in [-0.25, -0.2) is 12.8 Å². The molecule has 1 N–H and O–H groups in total. The quantitative estimate of drug-likeness (QED) is 0.846. The van der Waals surface area contributed by atoms with Gasteiger partial charge < -0.3 is 4.90 Å². The van der Waals surface area contributed by atoms with E-state index in [0.717, 1.165) is 36.1 Å². The molecule has 1 fully saturated rings. The highest BCUT2D eigenvalue weighted by atomic mass is 79.9. The fourth-order valence-corrected chi connectivity index (χ4v) is 3.90. The van der Waals surface area contributed by atoms with Gasteiger partial charge in [-0.15, -0.1) is 0 Å². The Morgan fingerprint density at radius 2 is 1.70 bits per heavy atom. The van der Waals surface area contributed by atoms with Crippen molar-refractivity contribution in [1.29, 1.82) is 0 Å². The molecule has 0 unspecified atom stereocenters. The first-order chi connectivity index (χ1) is 11.0. The van der Waals surface area contributed by atoms with Crippen molar-refractivity contribution in [1.82, 2.24) is 0 Å². The van der Waals surface area contributed by atoms with Crippen molar-refractivity contribution in [2.24, 2.45) is 0 Å². The predicted octanol–water partition coefficient (Wildman–Crippen LogP) is 3.99. The Bertz CT molecular complexity index is 803. The largest absolute Gasteiger partial charge is 0.371 e. The second-order valence-corrected chi connectivity index (χ2v) is 8.02. The maximum absolute atomic E-state index is 14.0. The van der Waals surface area contributed by atoms with E-state index >= 15 is 0 Å². The number of hydrogen-bond donors (Lipinski definition) is 1. The Kier molecular flexibility index (Phi) is 4.59. The van der Waals surface area contributed by atoms with Gasteiger partial charge in [0, 0.05) is 23.2 Å². The molecular formula is C16H16BrFN2O2S. The van der Waals surface area contributed by atoms with Crippen LogP contribution in [0.1, 0.15) is 12.8 Å². The summed E-state index contributed by atoms with van der Waals surface area (Å²) in [4.78, 5) is 2.21. The molecule has 0 bridgehead atoms. The lowest BCUT2D eigenvalue weighted by Gasteiger charge is -2.19. The molecule has 7 heteroatoms. The molecule has 0 radical (unpaired) electrons. The van der Waals surface area contributed by atoms with E-state index in [2.05, 4.69) is 25.6 Å². The summed E-state index contributed by atoms with van der Waals surface area (Å²) in [5.41, 5.74) is 0.801. The van der Waals surface area contributed by atoms with Gasteiger partial charge in [-0.2, -0.15) is 0 Å². The first-order valence-corrected chi connectivity index (χ1v) is 9.56. The maximum atomic E-state index is 14.0. The van der Waals surface area contributed by atoms with Crippen LogP contribution in [0.2, 0.25) is 0 Å². The van der Waals surface area contributed by atoms with Crippen molar-refractivity contribution in [3.05, 3.63) is 52.8 Å². The van der Waals surface area contributed by atoms with Crippen LogP contribution in [0.15, 0.2) is 51.8 Å². The molecule has 0 amide bonds. The molecule has 3 rings (SSSR count). The van der Waals surface area contributed by atoms with Gasteiger partial charge in [0.15, 0.2) is 0 Å². The third kappa shape index (κ3) is 3.67. The SMILES string of the molecule is O=S(=O)(Nc1cc(N2CCCC2)ccc1F)c1ccc(Br)cc1. The van der Waals surface area contributed by atoms with E-state index in [9.17, 15) is 12.8 Å². The van der Waals surface area contributed by atoms with Crippen LogP contribution in [-0.2, 0) is 10.0 Å². The number of hydrogen-bond acceptors (Lipinski definition) is 3. The summed E-state index contributed by atoms with van der Waals surface area (Å²) in [6.45, 7) is 1.81. The van der Waals surface area contributed by atoms with Crippen LogP contribution < -0.4 is 9.62 Å². The lowest BCUT2D eigenvalue weighted by atomic mass is 10.2. The highest BCUT2D eigenvalue weighted by Crippen LogP contribution is 2.27. The van der Waals surface area contributed by atoms with Crippen molar-refractivity contribution in [3.8, 4) is 0 Å². The standard InChI is InChI=1S/C16H16BrFN2O2S/c17-12-3-6-14(7-4-12)23(21,22)19-16-11-13(5-8-15(16)18)20-9-1-2-10-20/h3-8,11,19H,1-2,9-10H2. The van der Waals surface area contributed by atoms with Crippen LogP contribution in [0.25, 0.3) is 0 Å². The van der Waals surface area contributed by atoms with Gasteiger partial charge in [0.05, 0.1) is 10.6 Å². The third-order valence-corrected chi connectivity index (χ3v) is 5.70. The molecule has 1 heterocycles. The van der Waals surface area contributed by atoms with Crippen molar-refractivity contribution >= 4 is 37.3 Å². The third-order valence-electron chi connectivity index (χ3n) is 3.79. The van der Waals surface area contributed by atoms with Crippen molar-refractivity contribution < 1.29 is 12.8 Å². The van der Waals surface area contributed by atoms with Crippen molar-refractivity contribution in [2.75, 3.05) is 22.7 Å². The summed E-state index contributed by atoms with van der Waals surface area (Å²) in [6, 6.07) is 10.7. The van der Waals surface area contributed by atoms with Crippen molar-refractivity contribution in [2.45, 2.75) is 17.7 Å². The fraction of sp³-hybridized carbons (Fsp3) is 0.250. The minimum atomic E-state index is -3.82. The maximum Gasteiger partial charge on any atom is 0.261 e. The lowest BCUT2D eigenvalue weighted by Crippen LogP contribution is -2.19. The van der Waals surface area contributed by atoms with Gasteiger partial charge in [-0.1, -0.05) is 15.9 Å². The molecule has 1 aliphatic heterocycles. The Morgan fingerprint density at radius 3 is 2.35 bits per heavy atom. The number of nitrogens with zero attached hydrogens (tertiary/aromatic N) is 1. The summed E-state index contributed by atoms with van der Waals surface area (Å²) in [6.07, 6.45) is 2.19. The van der Waals surface area contributed by atoms with Crippen LogP contribution in [-0.4, -0.2) is 21.5 Å². The molecule has 0 aliphatic carbocycles. The van der Waals surface area contributed by atoms with E-state index in [1.54, 1.807) is 24.3 Å². The summed E-state index contributed by atoms with van der Waals surface area (Å²) < 4.78 is 41.9. The minimum Gasteiger partial charge on any atom is -0.371 e. The van der Waals surface area contributed by atoms with Gasteiger partial charge in [-0.05, 0) is 55.3 Å². The molecule has 4 nitrogen and oxygen atoms in total. The normalized spacial score (nSPS) is 15.0. The monoisotopic (exact) mass is 398 g/mol. The van der Waals surface area contributed by atoms with Crippen LogP contribution in [0.4, 0.5) is 15.8 Å². The predicted molar refractivity (Wildman–Crippen MR) is 92.8 cm³/mol. The number of anilines is 2. The number of sulfonamides is 1. The molecule has 0 saturated carbocycles. The average Bonchev–Trinajstić information content (AvgIpc) is 3.04. The molecular weight excluding hydrogens is 383 g/mol. The molecule has 0 aromatic heterocycles. The Labute approximate surface area is 143 Å². The molecule has 2 aromatic carbocycles. The Balaban J connectivity index is 1.89. The Hall–Kier alpha value is -1.60. The second-order valence-electron chi connectivity index (χ2n) is 5.42. The highest BCUT2D eigenvalue weighted by molar-refractivity contribution is 9.10. The molecule has 2 aromatic rings. The van der Waals surface area contributed by atoms with E-state index in [-0.39, 0.29) is 10.6 Å². The van der Waals surface area contributed by atoms with E-state index in [4.69, 9.17) is 0 Å². The smallest absolute Gasteiger partial charge is 0.261 e. The van der Waals surface area contributed by atoms with E-state index in [1.165, 1.54) is 18.2 Å². The zero-order valence-electron chi connectivity index (χ0n) is 12.3. The molecule has 1 aliphatic rings. The summed E-state index contributed by atoms with van der Waals surface area (Å²) in [7, 11) is -3.82. The zero-order chi connectivity index (χ0) is 16.4.